The smallest absolute Gasteiger partial charge is 0.407 e. The molecular formula is C28H29NO4. The van der Waals surface area contributed by atoms with Crippen molar-refractivity contribution in [3.05, 3.63) is 95.6 Å². The van der Waals surface area contributed by atoms with Crippen molar-refractivity contribution in [3.8, 4) is 11.1 Å². The van der Waals surface area contributed by atoms with Crippen LogP contribution < -0.4 is 5.32 Å². The molecular weight excluding hydrogens is 414 g/mol. The van der Waals surface area contributed by atoms with Crippen LogP contribution in [0.4, 0.5) is 4.79 Å². The van der Waals surface area contributed by atoms with Gasteiger partial charge in [0.25, 0.3) is 0 Å². The molecule has 4 rings (SSSR count). The van der Waals surface area contributed by atoms with Gasteiger partial charge < -0.3 is 14.8 Å². The van der Waals surface area contributed by atoms with Crippen LogP contribution >= 0.6 is 0 Å². The van der Waals surface area contributed by atoms with Crippen LogP contribution in [-0.4, -0.2) is 36.7 Å². The van der Waals surface area contributed by atoms with E-state index in [2.05, 4.69) is 29.6 Å². The topological polar surface area (TPSA) is 64.6 Å². The maximum Gasteiger partial charge on any atom is 0.407 e. The predicted octanol–water partition coefficient (Wildman–Crippen LogP) is 5.59. The van der Waals surface area contributed by atoms with Gasteiger partial charge in [-0.25, -0.2) is 4.79 Å². The van der Waals surface area contributed by atoms with Crippen molar-refractivity contribution in [2.45, 2.75) is 38.3 Å². The van der Waals surface area contributed by atoms with Crippen molar-refractivity contribution < 1.29 is 19.1 Å². The number of carbonyl (C=O) groups excluding carboxylic acids is 2. The predicted molar refractivity (Wildman–Crippen MR) is 128 cm³/mol. The van der Waals surface area contributed by atoms with Crippen LogP contribution in [0.5, 0.6) is 0 Å². The average Bonchev–Trinajstić information content (AvgIpc) is 3.14. The van der Waals surface area contributed by atoms with E-state index in [1.165, 1.54) is 0 Å². The Morgan fingerprint density at radius 3 is 1.97 bits per heavy atom. The van der Waals surface area contributed by atoms with Crippen molar-refractivity contribution in [1.29, 1.82) is 0 Å². The van der Waals surface area contributed by atoms with Crippen LogP contribution in [0.15, 0.2) is 78.9 Å². The SMILES string of the molecule is CC(C)(C)OC[C@H](NC(=O)OCC1c2ccccc2-c2ccccc21)C(=O)c1ccccc1. The molecule has 0 unspecified atom stereocenters. The van der Waals surface area contributed by atoms with E-state index in [1.807, 2.05) is 51.1 Å². The summed E-state index contributed by atoms with van der Waals surface area (Å²) in [4.78, 5) is 25.8. The van der Waals surface area contributed by atoms with Crippen molar-refractivity contribution in [2.75, 3.05) is 13.2 Å². The molecule has 0 radical (unpaired) electrons. The lowest BCUT2D eigenvalue weighted by molar-refractivity contribution is -0.0119. The second-order valence-corrected chi connectivity index (χ2v) is 9.18. The van der Waals surface area contributed by atoms with Crippen molar-refractivity contribution in [2.24, 2.45) is 0 Å². The molecule has 0 saturated carbocycles. The zero-order chi connectivity index (χ0) is 23.4. The number of nitrogens with one attached hydrogen (secondary N) is 1. The van der Waals surface area contributed by atoms with Gasteiger partial charge in [-0.3, -0.25) is 4.79 Å². The number of Topliss-reactive ketones (excluding diaryl/α,β-unsaturated/α-hetero) is 1. The van der Waals surface area contributed by atoms with E-state index in [9.17, 15) is 9.59 Å². The van der Waals surface area contributed by atoms with Gasteiger partial charge in [-0.2, -0.15) is 0 Å². The highest BCUT2D eigenvalue weighted by Gasteiger charge is 2.30. The Morgan fingerprint density at radius 1 is 0.848 bits per heavy atom. The number of rotatable bonds is 7. The molecule has 1 amide bonds. The van der Waals surface area contributed by atoms with Crippen molar-refractivity contribution >= 4 is 11.9 Å². The lowest BCUT2D eigenvalue weighted by Gasteiger charge is -2.24. The van der Waals surface area contributed by atoms with Crippen LogP contribution in [0.1, 0.15) is 48.2 Å². The van der Waals surface area contributed by atoms with Gasteiger partial charge >= 0.3 is 6.09 Å². The summed E-state index contributed by atoms with van der Waals surface area (Å²) in [5.41, 5.74) is 4.67. The highest BCUT2D eigenvalue weighted by molar-refractivity contribution is 6.01. The van der Waals surface area contributed by atoms with E-state index in [1.54, 1.807) is 24.3 Å². The Bertz CT molecular complexity index is 1090. The Morgan fingerprint density at radius 2 is 1.39 bits per heavy atom. The van der Waals surface area contributed by atoms with E-state index >= 15 is 0 Å². The summed E-state index contributed by atoms with van der Waals surface area (Å²) in [7, 11) is 0. The summed E-state index contributed by atoms with van der Waals surface area (Å²) >= 11 is 0. The molecule has 1 aliphatic carbocycles. The largest absolute Gasteiger partial charge is 0.449 e. The molecule has 0 aliphatic heterocycles. The van der Waals surface area contributed by atoms with Gasteiger partial charge in [-0.15, -0.1) is 0 Å². The van der Waals surface area contributed by atoms with Crippen molar-refractivity contribution in [3.63, 3.8) is 0 Å². The normalized spacial score (nSPS) is 13.7. The minimum absolute atomic E-state index is 0.0442. The molecule has 170 valence electrons. The minimum atomic E-state index is -0.845. The molecule has 1 aliphatic rings. The van der Waals surface area contributed by atoms with Crippen LogP contribution in [0.3, 0.4) is 0 Å². The zero-order valence-corrected chi connectivity index (χ0v) is 19.2. The third kappa shape index (κ3) is 5.32. The molecule has 0 saturated heterocycles. The highest BCUT2D eigenvalue weighted by Crippen LogP contribution is 2.44. The zero-order valence-electron chi connectivity index (χ0n) is 19.2. The summed E-state index contributed by atoms with van der Waals surface area (Å²) in [6.07, 6.45) is -0.636. The molecule has 3 aromatic rings. The van der Waals surface area contributed by atoms with E-state index < -0.39 is 17.7 Å². The second kappa shape index (κ2) is 9.59. The number of benzene rings is 3. The maximum atomic E-state index is 13.0. The monoisotopic (exact) mass is 443 g/mol. The Kier molecular flexibility index (Phi) is 6.61. The number of fused-ring (bicyclic) bond motifs is 3. The Hall–Kier alpha value is -3.44. The van der Waals surface area contributed by atoms with Gasteiger partial charge in [-0.1, -0.05) is 78.9 Å². The first kappa shape index (κ1) is 22.7. The standard InChI is InChI=1S/C28H29NO4/c1-28(2,3)33-18-25(26(30)19-11-5-4-6-12-19)29-27(31)32-17-24-22-15-9-7-13-20(22)21-14-8-10-16-23(21)24/h4-16,24-25H,17-18H2,1-3H3,(H,29,31)/t25-/m0/s1. The quantitative estimate of drug-likeness (QED) is 0.483. The van der Waals surface area contributed by atoms with Gasteiger partial charge in [0.2, 0.25) is 0 Å². The molecule has 0 spiro atoms. The highest BCUT2D eigenvalue weighted by atomic mass is 16.5. The summed E-state index contributed by atoms with van der Waals surface area (Å²) in [5.74, 6) is -0.259. The van der Waals surface area contributed by atoms with Crippen LogP contribution in [0.25, 0.3) is 11.1 Å². The van der Waals surface area contributed by atoms with Gasteiger partial charge in [-0.05, 0) is 43.0 Å². The number of alkyl carbamates (subject to hydrolysis) is 1. The fourth-order valence-electron chi connectivity index (χ4n) is 4.10. The fourth-order valence-corrected chi connectivity index (χ4v) is 4.10. The molecule has 5 heteroatoms. The number of hydrogen-bond acceptors (Lipinski definition) is 4. The van der Waals surface area contributed by atoms with E-state index in [0.29, 0.717) is 5.56 Å². The summed E-state index contributed by atoms with van der Waals surface area (Å²) in [5, 5.41) is 2.72. The van der Waals surface area contributed by atoms with E-state index in [-0.39, 0.29) is 24.9 Å². The first-order valence-electron chi connectivity index (χ1n) is 11.2. The molecule has 1 N–H and O–H groups in total. The molecule has 5 nitrogen and oxygen atoms in total. The Balaban J connectivity index is 1.46. The molecule has 0 fully saturated rings. The summed E-state index contributed by atoms with van der Waals surface area (Å²) in [6, 6.07) is 24.4. The van der Waals surface area contributed by atoms with Gasteiger partial charge in [0, 0.05) is 11.5 Å². The molecule has 0 heterocycles. The van der Waals surface area contributed by atoms with Crippen LogP contribution in [0.2, 0.25) is 0 Å². The fraction of sp³-hybridized carbons (Fsp3) is 0.286. The molecule has 3 aromatic carbocycles. The minimum Gasteiger partial charge on any atom is -0.449 e. The third-order valence-electron chi connectivity index (χ3n) is 5.69. The third-order valence-corrected chi connectivity index (χ3v) is 5.69. The lowest BCUT2D eigenvalue weighted by atomic mass is 9.98. The van der Waals surface area contributed by atoms with Crippen LogP contribution in [-0.2, 0) is 9.47 Å². The lowest BCUT2D eigenvalue weighted by Crippen LogP contribution is -2.46. The number of carbonyl (C=O) groups is 2. The summed E-state index contributed by atoms with van der Waals surface area (Å²) < 4.78 is 11.4. The Labute approximate surface area is 194 Å². The van der Waals surface area contributed by atoms with Gasteiger partial charge in [0.1, 0.15) is 12.6 Å². The molecule has 0 aromatic heterocycles. The molecule has 1 atom stereocenters. The second-order valence-electron chi connectivity index (χ2n) is 9.18. The maximum absolute atomic E-state index is 13.0. The van der Waals surface area contributed by atoms with Gasteiger partial charge in [0.15, 0.2) is 5.78 Å². The van der Waals surface area contributed by atoms with E-state index in [0.717, 1.165) is 22.3 Å². The number of amides is 1. The average molecular weight is 444 g/mol. The number of ether oxygens (including phenoxy) is 2. The number of ketones is 1. The van der Waals surface area contributed by atoms with Crippen LogP contribution in [0, 0.1) is 0 Å². The first-order chi connectivity index (χ1) is 15.8. The number of hydrogen-bond donors (Lipinski definition) is 1. The van der Waals surface area contributed by atoms with Gasteiger partial charge in [0.05, 0.1) is 12.2 Å². The first-order valence-corrected chi connectivity index (χ1v) is 11.2. The van der Waals surface area contributed by atoms with E-state index in [4.69, 9.17) is 9.47 Å². The molecule has 0 bridgehead atoms. The summed E-state index contributed by atoms with van der Waals surface area (Å²) in [6.45, 7) is 5.97. The van der Waals surface area contributed by atoms with Crippen molar-refractivity contribution in [1.82, 2.24) is 5.32 Å². The molecule has 33 heavy (non-hydrogen) atoms.